The smallest absolute Gasteiger partial charge is 0.326 e. The van der Waals surface area contributed by atoms with Crippen molar-refractivity contribution in [3.8, 4) is 0 Å². The zero-order chi connectivity index (χ0) is 23.4. The number of carbonyl (C=O) groups excluding carboxylic acids is 4. The lowest BCUT2D eigenvalue weighted by atomic mass is 10.1. The van der Waals surface area contributed by atoms with E-state index in [0.29, 0.717) is 0 Å². The normalized spacial score (nSPS) is 13.2. The van der Waals surface area contributed by atoms with Gasteiger partial charge in [0.15, 0.2) is 0 Å². The van der Waals surface area contributed by atoms with Crippen LogP contribution in [-0.2, 0) is 33.6 Å². The molecule has 0 aliphatic carbocycles. The summed E-state index contributed by atoms with van der Waals surface area (Å²) in [6.07, 6.45) is -2.26. The molecule has 0 spiro atoms. The van der Waals surface area contributed by atoms with Gasteiger partial charge in [-0.15, -0.1) is 0 Å². The van der Waals surface area contributed by atoms with Gasteiger partial charge in [-0.3, -0.25) is 28.8 Å². The molecule has 0 aromatic carbocycles. The van der Waals surface area contributed by atoms with Gasteiger partial charge in [0, 0.05) is 6.42 Å². The second-order valence-corrected chi connectivity index (χ2v) is 6.04. The number of nitrogens with two attached hydrogens (primary N) is 2. The molecule has 0 aliphatic heterocycles. The monoisotopic (exact) mass is 433 g/mol. The molecule has 0 radical (unpaired) electrons. The largest absolute Gasteiger partial charge is 0.481 e. The van der Waals surface area contributed by atoms with Crippen molar-refractivity contribution in [2.45, 2.75) is 43.8 Å². The fourth-order valence-electron chi connectivity index (χ4n) is 2.01. The predicted octanol–water partition coefficient (Wildman–Crippen LogP) is -4.30. The van der Waals surface area contributed by atoms with E-state index in [1.807, 2.05) is 16.0 Å². The van der Waals surface area contributed by atoms with Crippen LogP contribution in [0, 0.1) is 0 Å². The predicted molar refractivity (Wildman–Crippen MR) is 95.4 cm³/mol. The van der Waals surface area contributed by atoms with Crippen LogP contribution < -0.4 is 27.4 Å². The van der Waals surface area contributed by atoms with E-state index >= 15 is 0 Å². The minimum absolute atomic E-state index is 0.262. The van der Waals surface area contributed by atoms with E-state index in [2.05, 4.69) is 0 Å². The van der Waals surface area contributed by atoms with Crippen LogP contribution in [-0.4, -0.2) is 81.5 Å². The van der Waals surface area contributed by atoms with Crippen LogP contribution in [0.1, 0.15) is 25.7 Å². The van der Waals surface area contributed by atoms with Gasteiger partial charge in [0.25, 0.3) is 0 Å². The van der Waals surface area contributed by atoms with Crippen LogP contribution in [0.3, 0.4) is 0 Å². The number of nitrogens with one attached hydrogen (secondary N) is 3. The van der Waals surface area contributed by atoms with Gasteiger partial charge < -0.3 is 42.7 Å². The van der Waals surface area contributed by atoms with Crippen LogP contribution in [0.4, 0.5) is 0 Å². The standard InChI is InChI=1S/C15H23N5O10/c16-6(1-2-11(23)24)13(27)20-7(4-12(25)26)14(28)18-5-10(22)19-8(15(29)30)3-9(17)21/h6-8H,1-5,16H2,(H2,17,21)(H,18,28)(H,19,22)(H,20,27)(H,23,24)(H,25,26)(H,29,30). The maximum atomic E-state index is 12.1. The molecule has 168 valence electrons. The van der Waals surface area contributed by atoms with Gasteiger partial charge in [0.2, 0.25) is 23.6 Å². The quantitative estimate of drug-likeness (QED) is 0.130. The van der Waals surface area contributed by atoms with Crippen LogP contribution in [0.2, 0.25) is 0 Å². The van der Waals surface area contributed by atoms with Gasteiger partial charge in [-0.05, 0) is 6.42 Å². The maximum Gasteiger partial charge on any atom is 0.326 e. The molecule has 0 rings (SSSR count). The molecule has 0 aromatic heterocycles. The second kappa shape index (κ2) is 12.7. The number of carboxylic acids is 3. The van der Waals surface area contributed by atoms with Gasteiger partial charge in [0.1, 0.15) is 12.1 Å². The number of carbonyl (C=O) groups is 7. The van der Waals surface area contributed by atoms with Crippen molar-refractivity contribution >= 4 is 41.5 Å². The van der Waals surface area contributed by atoms with E-state index in [9.17, 15) is 33.6 Å². The molecular weight excluding hydrogens is 410 g/mol. The Labute approximate surface area is 169 Å². The average Bonchev–Trinajstić information content (AvgIpc) is 2.61. The Morgan fingerprint density at radius 1 is 0.800 bits per heavy atom. The third-order valence-electron chi connectivity index (χ3n) is 3.48. The first-order chi connectivity index (χ1) is 13.8. The molecule has 0 fully saturated rings. The highest BCUT2D eigenvalue weighted by Gasteiger charge is 2.27. The molecule has 4 amide bonds. The SMILES string of the molecule is NC(=O)CC(NC(=O)CNC(=O)C(CC(=O)O)NC(=O)C(N)CCC(=O)O)C(=O)O. The van der Waals surface area contributed by atoms with Crippen molar-refractivity contribution in [2.75, 3.05) is 6.54 Å². The van der Waals surface area contributed by atoms with Crippen molar-refractivity contribution < 1.29 is 48.9 Å². The zero-order valence-corrected chi connectivity index (χ0v) is 15.6. The molecule has 30 heavy (non-hydrogen) atoms. The summed E-state index contributed by atoms with van der Waals surface area (Å²) in [6, 6.07) is -4.59. The lowest BCUT2D eigenvalue weighted by molar-refractivity contribution is -0.143. The van der Waals surface area contributed by atoms with Gasteiger partial charge in [-0.25, -0.2) is 4.79 Å². The molecule has 10 N–H and O–H groups in total. The topological polar surface area (TPSA) is 268 Å². The van der Waals surface area contributed by atoms with E-state index in [4.69, 9.17) is 26.8 Å². The first-order valence-corrected chi connectivity index (χ1v) is 8.41. The second-order valence-electron chi connectivity index (χ2n) is 6.04. The Morgan fingerprint density at radius 3 is 1.87 bits per heavy atom. The molecule has 0 heterocycles. The first kappa shape index (κ1) is 26.2. The molecule has 3 unspecified atom stereocenters. The minimum atomic E-state index is -1.64. The molecule has 15 nitrogen and oxygen atoms in total. The van der Waals surface area contributed by atoms with Crippen LogP contribution in [0.15, 0.2) is 0 Å². The summed E-state index contributed by atoms with van der Waals surface area (Å²) in [5, 5.41) is 32.3. The number of rotatable bonds is 14. The summed E-state index contributed by atoms with van der Waals surface area (Å²) in [6.45, 7) is -0.793. The highest BCUT2D eigenvalue weighted by Crippen LogP contribution is 1.99. The Morgan fingerprint density at radius 2 is 1.40 bits per heavy atom. The number of hydrogen-bond acceptors (Lipinski definition) is 8. The van der Waals surface area contributed by atoms with Gasteiger partial charge >= 0.3 is 17.9 Å². The summed E-state index contributed by atoms with van der Waals surface area (Å²) < 4.78 is 0. The minimum Gasteiger partial charge on any atom is -0.481 e. The Kier molecular flexibility index (Phi) is 11.1. The van der Waals surface area contributed by atoms with E-state index in [1.165, 1.54) is 0 Å². The summed E-state index contributed by atoms with van der Waals surface area (Å²) >= 11 is 0. The van der Waals surface area contributed by atoms with Gasteiger partial charge in [0.05, 0.1) is 25.4 Å². The van der Waals surface area contributed by atoms with Crippen molar-refractivity contribution in [2.24, 2.45) is 11.5 Å². The van der Waals surface area contributed by atoms with Crippen LogP contribution in [0.25, 0.3) is 0 Å². The van der Waals surface area contributed by atoms with Gasteiger partial charge in [-0.2, -0.15) is 0 Å². The van der Waals surface area contributed by atoms with Crippen molar-refractivity contribution in [3.05, 3.63) is 0 Å². The van der Waals surface area contributed by atoms with Crippen LogP contribution >= 0.6 is 0 Å². The van der Waals surface area contributed by atoms with Crippen molar-refractivity contribution in [1.82, 2.24) is 16.0 Å². The maximum absolute atomic E-state index is 12.1. The van der Waals surface area contributed by atoms with Crippen LogP contribution in [0.5, 0.6) is 0 Å². The molecular formula is C15H23N5O10. The van der Waals surface area contributed by atoms with E-state index in [-0.39, 0.29) is 6.42 Å². The Balaban J connectivity index is 4.87. The molecule has 0 bridgehead atoms. The molecule has 15 heteroatoms. The fourth-order valence-corrected chi connectivity index (χ4v) is 2.01. The van der Waals surface area contributed by atoms with E-state index in [1.54, 1.807) is 0 Å². The Bertz CT molecular complexity index is 710. The number of primary amides is 1. The molecule has 0 saturated heterocycles. The number of carboxylic acid groups (broad SMARTS) is 3. The van der Waals surface area contributed by atoms with Crippen molar-refractivity contribution in [3.63, 3.8) is 0 Å². The summed E-state index contributed by atoms with van der Waals surface area (Å²) in [5.74, 6) is -8.29. The Hall–Kier alpha value is -3.75. The molecule has 0 aliphatic rings. The van der Waals surface area contributed by atoms with Crippen molar-refractivity contribution in [1.29, 1.82) is 0 Å². The lowest BCUT2D eigenvalue weighted by Gasteiger charge is -2.19. The third-order valence-corrected chi connectivity index (χ3v) is 3.48. The average molecular weight is 433 g/mol. The number of amides is 4. The first-order valence-electron chi connectivity index (χ1n) is 8.41. The number of aliphatic carboxylic acids is 3. The summed E-state index contributed by atoms with van der Waals surface area (Å²) in [5.41, 5.74) is 10.3. The van der Waals surface area contributed by atoms with E-state index in [0.717, 1.165) is 0 Å². The third kappa shape index (κ3) is 11.2. The van der Waals surface area contributed by atoms with E-state index < -0.39 is 85.5 Å². The van der Waals surface area contributed by atoms with Gasteiger partial charge in [-0.1, -0.05) is 0 Å². The molecule has 0 saturated carbocycles. The zero-order valence-electron chi connectivity index (χ0n) is 15.6. The molecule has 3 atom stereocenters. The summed E-state index contributed by atoms with van der Waals surface area (Å²) in [7, 11) is 0. The fraction of sp³-hybridized carbons (Fsp3) is 0.533. The number of hydrogen-bond donors (Lipinski definition) is 8. The summed E-state index contributed by atoms with van der Waals surface area (Å²) in [4.78, 5) is 78.9. The highest BCUT2D eigenvalue weighted by molar-refractivity contribution is 5.95. The lowest BCUT2D eigenvalue weighted by Crippen LogP contribution is -2.54. The molecule has 0 aromatic rings. The highest BCUT2D eigenvalue weighted by atomic mass is 16.4.